The number of amides is 1. The lowest BCUT2D eigenvalue weighted by Gasteiger charge is -2.41. The van der Waals surface area contributed by atoms with Gasteiger partial charge in [-0.2, -0.15) is 0 Å². The largest absolute Gasteiger partial charge is 0.443 e. The zero-order valence-corrected chi connectivity index (χ0v) is 23.6. The zero-order chi connectivity index (χ0) is 28.5. The van der Waals surface area contributed by atoms with Gasteiger partial charge in [0.15, 0.2) is 0 Å². The number of likely N-dealkylation sites (tertiary alicyclic amines) is 1. The predicted molar refractivity (Wildman–Crippen MR) is 149 cm³/mol. The van der Waals surface area contributed by atoms with Crippen molar-refractivity contribution in [1.29, 1.82) is 0 Å². The Labute approximate surface area is 235 Å². The highest BCUT2D eigenvalue weighted by molar-refractivity contribution is 5.92. The first kappa shape index (κ1) is 28.5. The number of aliphatic hydroxyl groups is 1. The average Bonchev–Trinajstić information content (AvgIpc) is 3.23. The number of β-amino-alcohol motifs (C(OH)–C–C–N with tert-alkyl or cyclic N) is 1. The van der Waals surface area contributed by atoms with Crippen molar-refractivity contribution in [2.45, 2.75) is 63.6 Å². The van der Waals surface area contributed by atoms with Crippen LogP contribution in [0.2, 0.25) is 0 Å². The molecule has 0 saturated carbocycles. The second-order valence-corrected chi connectivity index (χ2v) is 12.4. The molecule has 216 valence electrons. The highest BCUT2D eigenvalue weighted by atomic mass is 19.1. The Morgan fingerprint density at radius 2 is 1.73 bits per heavy atom. The molecule has 1 spiro atoms. The third kappa shape index (κ3) is 6.32. The lowest BCUT2D eigenvalue weighted by molar-refractivity contribution is -0.133. The number of ether oxygens (including phenoxy) is 1. The molecule has 3 aliphatic heterocycles. The molecule has 2 saturated heterocycles. The van der Waals surface area contributed by atoms with Gasteiger partial charge in [-0.25, -0.2) is 14.0 Å². The van der Waals surface area contributed by atoms with Crippen LogP contribution in [-0.4, -0.2) is 78.1 Å². The smallest absolute Gasteiger partial charge is 0.414 e. The summed E-state index contributed by atoms with van der Waals surface area (Å²) in [6, 6.07) is 13.6. The van der Waals surface area contributed by atoms with E-state index in [0.717, 1.165) is 50.0 Å². The molecule has 0 radical (unpaired) electrons. The van der Waals surface area contributed by atoms with Crippen LogP contribution in [-0.2, 0) is 15.0 Å². The molecule has 1 atom stereocenters. The number of nitrogens with zero attached hydrogens (tertiary/aromatic N) is 3. The van der Waals surface area contributed by atoms with Gasteiger partial charge < -0.3 is 19.6 Å². The van der Waals surface area contributed by atoms with Gasteiger partial charge in [0.2, 0.25) is 0 Å². The number of carbonyl (C=O) groups is 2. The van der Waals surface area contributed by atoms with Gasteiger partial charge in [-0.15, -0.1) is 5.06 Å². The van der Waals surface area contributed by atoms with Gasteiger partial charge in [-0.05, 0) is 101 Å². The molecule has 3 aliphatic rings. The van der Waals surface area contributed by atoms with E-state index in [1.165, 1.54) is 6.07 Å². The summed E-state index contributed by atoms with van der Waals surface area (Å²) in [5, 5.41) is 12.8. The molecular weight excluding hydrogens is 513 g/mol. The van der Waals surface area contributed by atoms with Crippen LogP contribution in [0.4, 0.5) is 14.9 Å². The van der Waals surface area contributed by atoms with Crippen LogP contribution in [0, 0.1) is 11.7 Å². The fourth-order valence-electron chi connectivity index (χ4n) is 6.22. The third-order valence-corrected chi connectivity index (χ3v) is 8.42. The summed E-state index contributed by atoms with van der Waals surface area (Å²) in [6.45, 7) is 9.24. The highest BCUT2D eigenvalue weighted by Gasteiger charge is 2.47. The molecule has 2 aromatic rings. The number of hydrogen-bond donors (Lipinski definition) is 1. The van der Waals surface area contributed by atoms with Gasteiger partial charge in [0.25, 0.3) is 0 Å². The Bertz CT molecular complexity index is 1200. The first-order valence-corrected chi connectivity index (χ1v) is 14.3. The van der Waals surface area contributed by atoms with Crippen molar-refractivity contribution in [3.05, 3.63) is 65.5 Å². The van der Waals surface area contributed by atoms with Crippen LogP contribution in [0.25, 0.3) is 0 Å². The fraction of sp³-hybridized carbons (Fsp3) is 0.548. The minimum atomic E-state index is -0.619. The Morgan fingerprint density at radius 3 is 2.38 bits per heavy atom. The SMILES string of the molecule is CC(C)(C)OC(=O)N1CC2(CCN(CC(O)C3CCN(OC(=O)c4ccccc4)CC3)CC2)c2cc(F)ccc21. The number of piperidine rings is 2. The summed E-state index contributed by atoms with van der Waals surface area (Å²) < 4.78 is 20.0. The van der Waals surface area contributed by atoms with E-state index in [1.54, 1.807) is 34.2 Å². The van der Waals surface area contributed by atoms with E-state index < -0.39 is 17.8 Å². The van der Waals surface area contributed by atoms with Crippen LogP contribution < -0.4 is 4.90 Å². The number of hydroxylamine groups is 2. The molecule has 1 amide bonds. The summed E-state index contributed by atoms with van der Waals surface area (Å²) in [7, 11) is 0. The Hall–Kier alpha value is -3.01. The normalized spacial score (nSPS) is 20.8. The van der Waals surface area contributed by atoms with Gasteiger partial charge in [0, 0.05) is 31.6 Å². The monoisotopic (exact) mass is 553 g/mol. The second-order valence-electron chi connectivity index (χ2n) is 12.4. The van der Waals surface area contributed by atoms with Crippen molar-refractivity contribution in [2.75, 3.05) is 44.2 Å². The number of hydrogen-bond acceptors (Lipinski definition) is 7. The van der Waals surface area contributed by atoms with Crippen molar-refractivity contribution in [2.24, 2.45) is 5.92 Å². The lowest BCUT2D eigenvalue weighted by atomic mass is 9.74. The lowest BCUT2D eigenvalue weighted by Crippen LogP contribution is -2.49. The molecule has 0 bridgehead atoms. The molecule has 9 heteroatoms. The maximum Gasteiger partial charge on any atom is 0.414 e. The third-order valence-electron chi connectivity index (χ3n) is 8.42. The molecule has 5 rings (SSSR count). The predicted octanol–water partition coefficient (Wildman–Crippen LogP) is 4.76. The first-order chi connectivity index (χ1) is 19.0. The highest BCUT2D eigenvalue weighted by Crippen LogP contribution is 2.47. The number of rotatable bonds is 5. The molecule has 2 fully saturated rings. The molecule has 8 nitrogen and oxygen atoms in total. The average molecular weight is 554 g/mol. The summed E-state index contributed by atoms with van der Waals surface area (Å²) >= 11 is 0. The Balaban J connectivity index is 1.14. The van der Waals surface area contributed by atoms with Crippen LogP contribution in [0.15, 0.2) is 48.5 Å². The van der Waals surface area contributed by atoms with Gasteiger partial charge in [0.1, 0.15) is 11.4 Å². The standard InChI is InChI=1S/C31H40FN3O5/c1-30(2,3)39-29(38)35-21-31(25-19-24(32)9-10-26(25)35)13-17-33(18-14-31)20-27(36)22-11-15-34(16-12-22)40-28(37)23-7-5-4-6-8-23/h4-10,19,22,27,36H,11-18,20-21H2,1-3H3. The van der Waals surface area contributed by atoms with E-state index in [9.17, 15) is 19.1 Å². The van der Waals surface area contributed by atoms with Crippen molar-refractivity contribution < 1.29 is 28.7 Å². The van der Waals surface area contributed by atoms with Crippen molar-refractivity contribution in [1.82, 2.24) is 9.96 Å². The van der Waals surface area contributed by atoms with Crippen LogP contribution in [0.1, 0.15) is 62.4 Å². The van der Waals surface area contributed by atoms with Crippen molar-refractivity contribution in [3.8, 4) is 0 Å². The summed E-state index contributed by atoms with van der Waals surface area (Å²) in [4.78, 5) is 34.8. The Morgan fingerprint density at radius 1 is 1.05 bits per heavy atom. The zero-order valence-electron chi connectivity index (χ0n) is 23.6. The van der Waals surface area contributed by atoms with Gasteiger partial charge in [-0.1, -0.05) is 18.2 Å². The minimum Gasteiger partial charge on any atom is -0.443 e. The summed E-state index contributed by atoms with van der Waals surface area (Å²) in [6.07, 6.45) is 2.15. The summed E-state index contributed by atoms with van der Waals surface area (Å²) in [5.41, 5.74) is 1.17. The Kier molecular flexibility index (Phi) is 8.17. The van der Waals surface area contributed by atoms with E-state index >= 15 is 0 Å². The number of carbonyl (C=O) groups excluding carboxylic acids is 2. The van der Waals surface area contributed by atoms with E-state index in [0.29, 0.717) is 31.7 Å². The van der Waals surface area contributed by atoms with Crippen LogP contribution in [0.5, 0.6) is 0 Å². The quantitative estimate of drug-likeness (QED) is 0.572. The number of anilines is 1. The molecule has 2 aromatic carbocycles. The molecule has 0 aromatic heterocycles. The molecule has 1 N–H and O–H groups in total. The van der Waals surface area contributed by atoms with Gasteiger partial charge >= 0.3 is 12.1 Å². The molecule has 40 heavy (non-hydrogen) atoms. The van der Waals surface area contributed by atoms with Gasteiger partial charge in [0.05, 0.1) is 17.4 Å². The maximum atomic E-state index is 14.3. The number of fused-ring (bicyclic) bond motifs is 2. The first-order valence-electron chi connectivity index (χ1n) is 14.3. The minimum absolute atomic E-state index is 0.131. The topological polar surface area (TPSA) is 82.6 Å². The number of benzene rings is 2. The van der Waals surface area contributed by atoms with Crippen LogP contribution >= 0.6 is 0 Å². The van der Waals surface area contributed by atoms with E-state index in [2.05, 4.69) is 4.90 Å². The molecule has 0 aliphatic carbocycles. The van der Waals surface area contributed by atoms with E-state index in [1.807, 2.05) is 39.0 Å². The molecule has 1 unspecified atom stereocenters. The number of aliphatic hydroxyl groups excluding tert-OH is 1. The number of halogens is 1. The van der Waals surface area contributed by atoms with Crippen LogP contribution in [0.3, 0.4) is 0 Å². The van der Waals surface area contributed by atoms with Crippen molar-refractivity contribution >= 4 is 17.7 Å². The molecular formula is C31H40FN3O5. The van der Waals surface area contributed by atoms with Gasteiger partial charge in [-0.3, -0.25) is 4.90 Å². The van der Waals surface area contributed by atoms with E-state index in [-0.39, 0.29) is 23.1 Å². The van der Waals surface area contributed by atoms with Crippen molar-refractivity contribution in [3.63, 3.8) is 0 Å². The van der Waals surface area contributed by atoms with E-state index in [4.69, 9.17) is 9.57 Å². The maximum absolute atomic E-state index is 14.3. The second kappa shape index (κ2) is 11.5. The summed E-state index contributed by atoms with van der Waals surface area (Å²) in [5.74, 6) is -0.533. The molecule has 3 heterocycles. The fourth-order valence-corrected chi connectivity index (χ4v) is 6.22.